The first-order valence-corrected chi connectivity index (χ1v) is 8.86. The number of rotatable bonds is 5. The molecule has 0 spiro atoms. The lowest BCUT2D eigenvalue weighted by Gasteiger charge is -2.31. The van der Waals surface area contributed by atoms with Gasteiger partial charge in [-0.1, -0.05) is 11.6 Å². The molecule has 3 rings (SSSR count). The molecule has 2 heterocycles. The van der Waals surface area contributed by atoms with Crippen molar-refractivity contribution >= 4 is 23.4 Å². The van der Waals surface area contributed by atoms with Gasteiger partial charge in [0.15, 0.2) is 0 Å². The lowest BCUT2D eigenvalue weighted by molar-refractivity contribution is 0.0684. The number of nitrogens with one attached hydrogen (secondary N) is 2. The third-order valence-electron chi connectivity index (χ3n) is 4.60. The van der Waals surface area contributed by atoms with Crippen LogP contribution in [0.5, 0.6) is 5.75 Å². The van der Waals surface area contributed by atoms with Crippen LogP contribution in [0.15, 0.2) is 30.6 Å². The summed E-state index contributed by atoms with van der Waals surface area (Å²) in [4.78, 5) is 26.5. The molecule has 0 unspecified atom stereocenters. The van der Waals surface area contributed by atoms with Gasteiger partial charge in [0.25, 0.3) is 11.8 Å². The molecular weight excluding hydrogens is 356 g/mol. The predicted octanol–water partition coefficient (Wildman–Crippen LogP) is 2.35. The van der Waals surface area contributed by atoms with E-state index >= 15 is 0 Å². The second-order valence-electron chi connectivity index (χ2n) is 6.28. The molecule has 1 saturated heterocycles. The number of nitrogens with zero attached hydrogens (tertiary/aromatic N) is 2. The quantitative estimate of drug-likeness (QED) is 0.838. The van der Waals surface area contributed by atoms with E-state index in [1.54, 1.807) is 24.4 Å². The number of ether oxygens (including phenoxy) is 1. The highest BCUT2D eigenvalue weighted by Crippen LogP contribution is 2.23. The zero-order valence-corrected chi connectivity index (χ0v) is 15.3. The van der Waals surface area contributed by atoms with Gasteiger partial charge in [-0.2, -0.15) is 5.10 Å². The molecule has 2 amide bonds. The van der Waals surface area contributed by atoms with Crippen LogP contribution < -0.4 is 10.1 Å². The number of hydrogen-bond acceptors (Lipinski definition) is 4. The van der Waals surface area contributed by atoms with Crippen LogP contribution in [0.1, 0.15) is 33.6 Å². The van der Waals surface area contributed by atoms with Crippen LogP contribution in [0.4, 0.5) is 0 Å². The van der Waals surface area contributed by atoms with Crippen LogP contribution in [-0.2, 0) is 0 Å². The number of benzene rings is 1. The van der Waals surface area contributed by atoms with Crippen molar-refractivity contribution in [3.63, 3.8) is 0 Å². The van der Waals surface area contributed by atoms with Gasteiger partial charge in [-0.15, -0.1) is 0 Å². The second kappa shape index (κ2) is 8.23. The van der Waals surface area contributed by atoms with Gasteiger partial charge in [0.2, 0.25) is 0 Å². The summed E-state index contributed by atoms with van der Waals surface area (Å²) in [6.45, 7) is 1.90. The van der Waals surface area contributed by atoms with Crippen molar-refractivity contribution in [2.45, 2.75) is 12.8 Å². The van der Waals surface area contributed by atoms with E-state index in [9.17, 15) is 9.59 Å². The number of piperidine rings is 1. The molecule has 7 nitrogen and oxygen atoms in total. The number of carbonyl (C=O) groups excluding carboxylic acids is 2. The highest BCUT2D eigenvalue weighted by molar-refractivity contribution is 6.31. The van der Waals surface area contributed by atoms with E-state index < -0.39 is 0 Å². The summed E-state index contributed by atoms with van der Waals surface area (Å²) < 4.78 is 5.22. The number of carbonyl (C=O) groups is 2. The van der Waals surface area contributed by atoms with E-state index in [4.69, 9.17) is 16.3 Å². The number of hydrogen-bond donors (Lipinski definition) is 2. The maximum absolute atomic E-state index is 12.4. The molecule has 0 aliphatic carbocycles. The van der Waals surface area contributed by atoms with Gasteiger partial charge in [-0.05, 0) is 37.0 Å². The highest BCUT2D eigenvalue weighted by Gasteiger charge is 2.24. The van der Waals surface area contributed by atoms with Crippen LogP contribution in [0.2, 0.25) is 5.02 Å². The van der Waals surface area contributed by atoms with Crippen molar-refractivity contribution in [2.75, 3.05) is 26.7 Å². The van der Waals surface area contributed by atoms with E-state index in [1.165, 1.54) is 13.3 Å². The minimum atomic E-state index is -0.207. The molecule has 8 heteroatoms. The molecule has 1 aromatic carbocycles. The maximum atomic E-state index is 12.4. The largest absolute Gasteiger partial charge is 0.496 e. The third kappa shape index (κ3) is 4.16. The summed E-state index contributed by atoms with van der Waals surface area (Å²) in [5.74, 6) is 0.608. The monoisotopic (exact) mass is 376 g/mol. The average molecular weight is 377 g/mol. The Labute approximate surface area is 156 Å². The first-order chi connectivity index (χ1) is 12.6. The Bertz CT molecular complexity index is 771. The molecule has 1 fully saturated rings. The van der Waals surface area contributed by atoms with Gasteiger partial charge < -0.3 is 15.0 Å². The smallest absolute Gasteiger partial charge is 0.257 e. The van der Waals surface area contributed by atoms with E-state index in [0.29, 0.717) is 47.5 Å². The van der Waals surface area contributed by atoms with Crippen molar-refractivity contribution in [2.24, 2.45) is 5.92 Å². The molecule has 0 saturated carbocycles. The number of likely N-dealkylation sites (tertiary alicyclic amines) is 1. The van der Waals surface area contributed by atoms with Gasteiger partial charge in [0.05, 0.1) is 24.4 Å². The summed E-state index contributed by atoms with van der Waals surface area (Å²) in [5, 5.41) is 9.90. The fourth-order valence-corrected chi connectivity index (χ4v) is 3.25. The summed E-state index contributed by atoms with van der Waals surface area (Å²) in [6.07, 6.45) is 4.83. The van der Waals surface area contributed by atoms with Crippen molar-refractivity contribution in [3.8, 4) is 5.75 Å². The first-order valence-electron chi connectivity index (χ1n) is 8.48. The summed E-state index contributed by atoms with van der Waals surface area (Å²) >= 11 is 5.98. The molecular formula is C18H21ClN4O3. The number of H-pyrrole nitrogens is 1. The molecule has 0 radical (unpaired) electrons. The SMILES string of the molecule is COc1ccc(Cl)cc1C(=O)NCC1CCN(C(=O)c2cn[nH]c2)CC1. The van der Waals surface area contributed by atoms with Gasteiger partial charge in [-0.3, -0.25) is 14.7 Å². The molecule has 2 N–H and O–H groups in total. The number of methoxy groups -OCH3 is 1. The molecule has 1 aliphatic heterocycles. The lowest BCUT2D eigenvalue weighted by atomic mass is 9.96. The predicted molar refractivity (Wildman–Crippen MR) is 97.6 cm³/mol. The maximum Gasteiger partial charge on any atom is 0.257 e. The van der Waals surface area contributed by atoms with Gasteiger partial charge >= 0.3 is 0 Å². The van der Waals surface area contributed by atoms with Crippen molar-refractivity contribution in [1.29, 1.82) is 0 Å². The molecule has 0 atom stereocenters. The lowest BCUT2D eigenvalue weighted by Crippen LogP contribution is -2.41. The van der Waals surface area contributed by atoms with E-state index in [2.05, 4.69) is 15.5 Å². The topological polar surface area (TPSA) is 87.3 Å². The Hall–Kier alpha value is -2.54. The Balaban J connectivity index is 1.50. The van der Waals surface area contributed by atoms with Gasteiger partial charge in [0.1, 0.15) is 5.75 Å². The summed E-state index contributed by atoms with van der Waals surface area (Å²) in [7, 11) is 1.52. The fraction of sp³-hybridized carbons (Fsp3) is 0.389. The Morgan fingerprint density at radius 1 is 1.38 bits per heavy atom. The summed E-state index contributed by atoms with van der Waals surface area (Å²) in [6, 6.07) is 4.96. The zero-order valence-electron chi connectivity index (χ0n) is 14.5. The highest BCUT2D eigenvalue weighted by atomic mass is 35.5. The van der Waals surface area contributed by atoms with Gasteiger partial charge in [0, 0.05) is 30.9 Å². The number of amides is 2. The van der Waals surface area contributed by atoms with Crippen LogP contribution in [0.3, 0.4) is 0 Å². The molecule has 0 bridgehead atoms. The Kier molecular flexibility index (Phi) is 5.78. The van der Waals surface area contributed by atoms with E-state index in [1.807, 2.05) is 4.90 Å². The zero-order chi connectivity index (χ0) is 18.5. The molecule has 1 aliphatic rings. The summed E-state index contributed by atoms with van der Waals surface area (Å²) in [5.41, 5.74) is 0.998. The standard InChI is InChI=1S/C18H21ClN4O3/c1-26-16-3-2-14(19)8-15(16)17(24)20-9-12-4-6-23(7-5-12)18(25)13-10-21-22-11-13/h2-3,8,10-12H,4-7,9H2,1H3,(H,20,24)(H,21,22). The van der Waals surface area contributed by atoms with Crippen molar-refractivity contribution < 1.29 is 14.3 Å². The van der Waals surface area contributed by atoms with Crippen LogP contribution in [0.25, 0.3) is 0 Å². The van der Waals surface area contributed by atoms with E-state index in [0.717, 1.165) is 12.8 Å². The van der Waals surface area contributed by atoms with Crippen molar-refractivity contribution in [3.05, 3.63) is 46.7 Å². The Morgan fingerprint density at radius 2 is 2.15 bits per heavy atom. The average Bonchev–Trinajstić information content (AvgIpc) is 3.20. The molecule has 138 valence electrons. The second-order valence-corrected chi connectivity index (χ2v) is 6.71. The van der Waals surface area contributed by atoms with Crippen LogP contribution in [-0.4, -0.2) is 53.7 Å². The fourth-order valence-electron chi connectivity index (χ4n) is 3.08. The minimum Gasteiger partial charge on any atom is -0.496 e. The number of halogens is 1. The van der Waals surface area contributed by atoms with Gasteiger partial charge in [-0.25, -0.2) is 0 Å². The first kappa shape index (κ1) is 18.3. The Morgan fingerprint density at radius 3 is 2.81 bits per heavy atom. The molecule has 1 aromatic heterocycles. The number of aromatic nitrogens is 2. The number of aromatic amines is 1. The van der Waals surface area contributed by atoms with Crippen LogP contribution >= 0.6 is 11.6 Å². The van der Waals surface area contributed by atoms with Crippen LogP contribution in [0, 0.1) is 5.92 Å². The third-order valence-corrected chi connectivity index (χ3v) is 4.84. The normalized spacial score (nSPS) is 14.9. The molecule has 2 aromatic rings. The van der Waals surface area contributed by atoms with E-state index in [-0.39, 0.29) is 11.8 Å². The van der Waals surface area contributed by atoms with Crippen molar-refractivity contribution in [1.82, 2.24) is 20.4 Å². The minimum absolute atomic E-state index is 0.00935. The molecule has 26 heavy (non-hydrogen) atoms.